The average Bonchev–Trinajstić information content (AvgIpc) is 2.36. The number of nitrogens with zero attached hydrogens (tertiary/aromatic N) is 1. The molecule has 0 unspecified atom stereocenters. The molecule has 0 radical (unpaired) electrons. The van der Waals surface area contributed by atoms with E-state index in [-0.39, 0.29) is 5.97 Å². The van der Waals surface area contributed by atoms with Gasteiger partial charge in [0.1, 0.15) is 0 Å². The fourth-order valence-corrected chi connectivity index (χ4v) is 1.94. The normalized spacial score (nSPS) is 17.0. The number of carbonyl (C=O) groups excluding carboxylic acids is 1. The zero-order valence-corrected chi connectivity index (χ0v) is 11.0. The molecule has 1 fully saturated rings. The summed E-state index contributed by atoms with van der Waals surface area (Å²) in [5.41, 5.74) is 0. The lowest BCUT2D eigenvalue weighted by atomic mass is 10.2. The molecule has 0 amide bonds. The second kappa shape index (κ2) is 9.42. The molecule has 0 aromatic rings. The van der Waals surface area contributed by atoms with Crippen LogP contribution >= 0.6 is 0 Å². The number of piperazine rings is 1. The van der Waals surface area contributed by atoms with E-state index in [1.54, 1.807) is 0 Å². The van der Waals surface area contributed by atoms with Crippen LogP contribution in [-0.4, -0.2) is 50.2 Å². The average molecular weight is 242 g/mol. The molecule has 1 N–H and O–H groups in total. The lowest BCUT2D eigenvalue weighted by molar-refractivity contribution is -0.143. The highest BCUT2D eigenvalue weighted by atomic mass is 16.5. The molecule has 0 atom stereocenters. The van der Waals surface area contributed by atoms with E-state index in [0.29, 0.717) is 13.0 Å². The molecule has 0 aromatic heterocycles. The largest absolute Gasteiger partial charge is 0.466 e. The van der Waals surface area contributed by atoms with Crippen molar-refractivity contribution in [3.8, 4) is 0 Å². The SMILES string of the molecule is CCCCOC(=O)CCCCN1CCNCC1. The highest BCUT2D eigenvalue weighted by molar-refractivity contribution is 5.69. The smallest absolute Gasteiger partial charge is 0.305 e. The third kappa shape index (κ3) is 7.34. The number of unbranched alkanes of at least 4 members (excludes halogenated alkanes) is 2. The Hall–Kier alpha value is -0.610. The van der Waals surface area contributed by atoms with Crippen LogP contribution in [0.15, 0.2) is 0 Å². The maximum Gasteiger partial charge on any atom is 0.305 e. The van der Waals surface area contributed by atoms with Crippen molar-refractivity contribution in [1.29, 1.82) is 0 Å². The number of esters is 1. The van der Waals surface area contributed by atoms with Crippen LogP contribution in [0, 0.1) is 0 Å². The molecule has 0 aromatic carbocycles. The maximum absolute atomic E-state index is 11.3. The zero-order valence-electron chi connectivity index (χ0n) is 11.0. The fraction of sp³-hybridized carbons (Fsp3) is 0.923. The highest BCUT2D eigenvalue weighted by Gasteiger charge is 2.09. The first-order valence-corrected chi connectivity index (χ1v) is 6.91. The molecule has 100 valence electrons. The van der Waals surface area contributed by atoms with Crippen molar-refractivity contribution in [2.45, 2.75) is 39.0 Å². The van der Waals surface area contributed by atoms with E-state index in [2.05, 4.69) is 17.1 Å². The topological polar surface area (TPSA) is 41.6 Å². The van der Waals surface area contributed by atoms with Gasteiger partial charge in [-0.05, 0) is 25.8 Å². The zero-order chi connectivity index (χ0) is 12.3. The number of hydrogen-bond donors (Lipinski definition) is 1. The third-order valence-electron chi connectivity index (χ3n) is 3.08. The van der Waals surface area contributed by atoms with Crippen molar-refractivity contribution >= 4 is 5.97 Å². The third-order valence-corrected chi connectivity index (χ3v) is 3.08. The molecule has 1 aliphatic rings. The predicted octanol–water partition coefficient (Wildman–Crippen LogP) is 1.41. The van der Waals surface area contributed by atoms with E-state index in [0.717, 1.165) is 58.4 Å². The molecule has 1 aliphatic heterocycles. The van der Waals surface area contributed by atoms with Crippen LogP contribution in [0.3, 0.4) is 0 Å². The maximum atomic E-state index is 11.3. The number of nitrogens with one attached hydrogen (secondary N) is 1. The molecule has 1 heterocycles. The summed E-state index contributed by atoms with van der Waals surface area (Å²) < 4.78 is 5.11. The first-order valence-electron chi connectivity index (χ1n) is 6.91. The Bertz CT molecular complexity index is 204. The lowest BCUT2D eigenvalue weighted by Gasteiger charge is -2.26. The molecule has 4 nitrogen and oxygen atoms in total. The second-order valence-electron chi connectivity index (χ2n) is 4.62. The van der Waals surface area contributed by atoms with E-state index in [1.165, 1.54) is 0 Å². The minimum atomic E-state index is -0.0289. The Morgan fingerprint density at radius 1 is 1.24 bits per heavy atom. The molecule has 17 heavy (non-hydrogen) atoms. The van der Waals surface area contributed by atoms with Gasteiger partial charge in [-0.1, -0.05) is 13.3 Å². The standard InChI is InChI=1S/C13H26N2O2/c1-2-3-12-17-13(16)6-4-5-9-15-10-7-14-8-11-15/h14H,2-12H2,1H3. The van der Waals surface area contributed by atoms with E-state index in [1.807, 2.05) is 0 Å². The fourth-order valence-electron chi connectivity index (χ4n) is 1.94. The van der Waals surface area contributed by atoms with Gasteiger partial charge in [0.05, 0.1) is 6.61 Å². The van der Waals surface area contributed by atoms with Crippen LogP contribution in [0.4, 0.5) is 0 Å². The van der Waals surface area contributed by atoms with Crippen LogP contribution < -0.4 is 5.32 Å². The number of rotatable bonds is 8. The Morgan fingerprint density at radius 2 is 2.00 bits per heavy atom. The molecular weight excluding hydrogens is 216 g/mol. The predicted molar refractivity (Wildman–Crippen MR) is 69.0 cm³/mol. The van der Waals surface area contributed by atoms with Crippen LogP contribution in [0.1, 0.15) is 39.0 Å². The van der Waals surface area contributed by atoms with E-state index in [9.17, 15) is 4.79 Å². The Balaban J connectivity index is 1.90. The van der Waals surface area contributed by atoms with Crippen molar-refractivity contribution in [2.75, 3.05) is 39.3 Å². The van der Waals surface area contributed by atoms with Gasteiger partial charge in [0, 0.05) is 32.6 Å². The number of ether oxygens (including phenoxy) is 1. The summed E-state index contributed by atoms with van der Waals surface area (Å²) in [5.74, 6) is -0.0289. The van der Waals surface area contributed by atoms with E-state index >= 15 is 0 Å². The van der Waals surface area contributed by atoms with Gasteiger partial charge in [-0.2, -0.15) is 0 Å². The van der Waals surface area contributed by atoms with E-state index < -0.39 is 0 Å². The number of hydrogen-bond acceptors (Lipinski definition) is 4. The lowest BCUT2D eigenvalue weighted by Crippen LogP contribution is -2.43. The first kappa shape index (κ1) is 14.5. The minimum Gasteiger partial charge on any atom is -0.466 e. The van der Waals surface area contributed by atoms with Gasteiger partial charge in [-0.15, -0.1) is 0 Å². The molecular formula is C13H26N2O2. The summed E-state index contributed by atoms with van der Waals surface area (Å²) in [5, 5.41) is 3.34. The van der Waals surface area contributed by atoms with Crippen LogP contribution in [0.5, 0.6) is 0 Å². The highest BCUT2D eigenvalue weighted by Crippen LogP contribution is 2.02. The Labute approximate surface area is 105 Å². The van der Waals surface area contributed by atoms with Crippen LogP contribution in [0.2, 0.25) is 0 Å². The van der Waals surface area contributed by atoms with Gasteiger partial charge in [0.25, 0.3) is 0 Å². The quantitative estimate of drug-likeness (QED) is 0.516. The Morgan fingerprint density at radius 3 is 2.71 bits per heavy atom. The van der Waals surface area contributed by atoms with Gasteiger partial charge in [0.15, 0.2) is 0 Å². The summed E-state index contributed by atoms with van der Waals surface area (Å²) in [6.07, 6.45) is 4.69. The van der Waals surface area contributed by atoms with Crippen molar-refractivity contribution in [3.63, 3.8) is 0 Å². The van der Waals surface area contributed by atoms with Gasteiger partial charge < -0.3 is 15.0 Å². The van der Waals surface area contributed by atoms with Gasteiger partial charge >= 0.3 is 5.97 Å². The van der Waals surface area contributed by atoms with Crippen molar-refractivity contribution < 1.29 is 9.53 Å². The summed E-state index contributed by atoms with van der Waals surface area (Å²) in [7, 11) is 0. The molecule has 0 spiro atoms. The van der Waals surface area contributed by atoms with Crippen molar-refractivity contribution in [2.24, 2.45) is 0 Å². The summed E-state index contributed by atoms with van der Waals surface area (Å²) in [4.78, 5) is 13.8. The summed E-state index contributed by atoms with van der Waals surface area (Å²) >= 11 is 0. The monoisotopic (exact) mass is 242 g/mol. The number of carbonyl (C=O) groups is 1. The Kier molecular flexibility index (Phi) is 8.01. The molecule has 0 bridgehead atoms. The van der Waals surface area contributed by atoms with Crippen molar-refractivity contribution in [1.82, 2.24) is 10.2 Å². The molecule has 1 saturated heterocycles. The van der Waals surface area contributed by atoms with Gasteiger partial charge in [-0.25, -0.2) is 0 Å². The van der Waals surface area contributed by atoms with Crippen molar-refractivity contribution in [3.05, 3.63) is 0 Å². The molecule has 0 saturated carbocycles. The summed E-state index contributed by atoms with van der Waals surface area (Å²) in [6.45, 7) is 8.28. The summed E-state index contributed by atoms with van der Waals surface area (Å²) in [6, 6.07) is 0. The first-order chi connectivity index (χ1) is 8.33. The molecule has 0 aliphatic carbocycles. The van der Waals surface area contributed by atoms with Crippen LogP contribution in [0.25, 0.3) is 0 Å². The van der Waals surface area contributed by atoms with Gasteiger partial charge in [0.2, 0.25) is 0 Å². The molecule has 4 heteroatoms. The molecule has 1 rings (SSSR count). The minimum absolute atomic E-state index is 0.0289. The second-order valence-corrected chi connectivity index (χ2v) is 4.62. The van der Waals surface area contributed by atoms with Gasteiger partial charge in [-0.3, -0.25) is 4.79 Å². The van der Waals surface area contributed by atoms with E-state index in [4.69, 9.17) is 4.74 Å². The van der Waals surface area contributed by atoms with Crippen LogP contribution in [-0.2, 0) is 9.53 Å².